The van der Waals surface area contributed by atoms with Crippen molar-refractivity contribution >= 4 is 35.1 Å². The van der Waals surface area contributed by atoms with Gasteiger partial charge in [-0.3, -0.25) is 4.99 Å². The van der Waals surface area contributed by atoms with Crippen molar-refractivity contribution in [2.45, 2.75) is 12.8 Å². The quantitative estimate of drug-likeness (QED) is 0.809. The van der Waals surface area contributed by atoms with Gasteiger partial charge < -0.3 is 4.90 Å². The predicted octanol–water partition coefficient (Wildman–Crippen LogP) is 3.22. The number of aromatic nitrogens is 2. The fourth-order valence-corrected chi connectivity index (χ4v) is 2.77. The Morgan fingerprint density at radius 2 is 2.20 bits per heavy atom. The van der Waals surface area contributed by atoms with Crippen LogP contribution in [0.25, 0.3) is 0 Å². The Bertz CT molecular complexity index is 744. The van der Waals surface area contributed by atoms with Crippen LogP contribution in [0.5, 0.6) is 0 Å². The van der Waals surface area contributed by atoms with Gasteiger partial charge in [-0.1, -0.05) is 11.6 Å². The van der Waals surface area contributed by atoms with E-state index in [9.17, 15) is 4.39 Å². The molecule has 1 aromatic heterocycles. The molecule has 2 aromatic rings. The summed E-state index contributed by atoms with van der Waals surface area (Å²) in [4.78, 5) is 15.1. The number of rotatable bonds is 1. The molecule has 100 valence electrons. The van der Waals surface area contributed by atoms with Crippen LogP contribution in [-0.4, -0.2) is 22.7 Å². The summed E-state index contributed by atoms with van der Waals surface area (Å²) in [5, 5.41) is 0.125. The number of fused-ring (bicyclic) bond motifs is 2. The molecule has 0 saturated carbocycles. The summed E-state index contributed by atoms with van der Waals surface area (Å²) in [5.74, 6) is 0.242. The van der Waals surface area contributed by atoms with Crippen molar-refractivity contribution in [1.29, 1.82) is 0 Å². The van der Waals surface area contributed by atoms with E-state index in [0.717, 1.165) is 42.0 Å². The van der Waals surface area contributed by atoms with Gasteiger partial charge in [-0.15, -0.1) is 0 Å². The van der Waals surface area contributed by atoms with E-state index in [0.29, 0.717) is 5.95 Å². The van der Waals surface area contributed by atoms with Gasteiger partial charge in [0.15, 0.2) is 0 Å². The Morgan fingerprint density at radius 3 is 3.10 bits per heavy atom. The molecule has 0 radical (unpaired) electrons. The third-order valence-corrected chi connectivity index (χ3v) is 3.90. The van der Waals surface area contributed by atoms with Gasteiger partial charge in [0, 0.05) is 24.9 Å². The number of benzene rings is 1. The number of hydrogen-bond acceptors (Lipinski definition) is 4. The molecule has 0 unspecified atom stereocenters. The van der Waals surface area contributed by atoms with Gasteiger partial charge in [0.05, 0.1) is 16.9 Å². The van der Waals surface area contributed by atoms with Crippen molar-refractivity contribution in [3.05, 3.63) is 40.4 Å². The molecule has 4 rings (SSSR count). The molecule has 20 heavy (non-hydrogen) atoms. The molecule has 0 atom stereocenters. The van der Waals surface area contributed by atoms with E-state index in [1.54, 1.807) is 12.3 Å². The summed E-state index contributed by atoms with van der Waals surface area (Å²) in [6, 6.07) is 3.14. The lowest BCUT2D eigenvalue weighted by molar-refractivity contribution is 0.627. The number of nitrogens with zero attached hydrogens (tertiary/aromatic N) is 4. The maximum absolute atomic E-state index is 13.5. The fraction of sp³-hybridized carbons (Fsp3) is 0.214. The second-order valence-electron chi connectivity index (χ2n) is 4.81. The van der Waals surface area contributed by atoms with Crippen LogP contribution in [0.15, 0.2) is 23.3 Å². The minimum absolute atomic E-state index is 0.125. The first-order chi connectivity index (χ1) is 9.72. The molecule has 1 aromatic carbocycles. The molecule has 0 N–H and O–H groups in total. The van der Waals surface area contributed by atoms with Crippen molar-refractivity contribution in [2.75, 3.05) is 11.4 Å². The van der Waals surface area contributed by atoms with Crippen molar-refractivity contribution < 1.29 is 4.39 Å². The third kappa shape index (κ3) is 1.70. The van der Waals surface area contributed by atoms with Crippen LogP contribution >= 0.6 is 11.6 Å². The lowest BCUT2D eigenvalue weighted by Crippen LogP contribution is -2.16. The summed E-state index contributed by atoms with van der Waals surface area (Å²) in [7, 11) is 0. The van der Waals surface area contributed by atoms with Crippen LogP contribution in [0.2, 0.25) is 5.02 Å². The molecule has 0 bridgehead atoms. The molecule has 0 amide bonds. The molecule has 0 aliphatic carbocycles. The lowest BCUT2D eigenvalue weighted by Gasteiger charge is -2.17. The van der Waals surface area contributed by atoms with Gasteiger partial charge in [0.25, 0.3) is 0 Å². The summed E-state index contributed by atoms with van der Waals surface area (Å²) in [6.07, 6.45) is 5.05. The molecule has 2 aliphatic heterocycles. The van der Waals surface area contributed by atoms with E-state index < -0.39 is 0 Å². The van der Waals surface area contributed by atoms with Crippen LogP contribution in [0.1, 0.15) is 11.3 Å². The van der Waals surface area contributed by atoms with E-state index in [4.69, 9.17) is 11.6 Å². The highest BCUT2D eigenvalue weighted by Crippen LogP contribution is 2.36. The average molecular weight is 289 g/mol. The standard InChI is InChI=1S/C14H10ClFN4/c15-9-6-13-8(5-10(9)16)2-4-20(13)14-18-7-12-11(19-14)1-3-17-12/h3,5-7H,1-2,4H2. The van der Waals surface area contributed by atoms with Crippen molar-refractivity contribution in [3.63, 3.8) is 0 Å². The molecular formula is C14H10ClFN4. The summed E-state index contributed by atoms with van der Waals surface area (Å²) in [5.41, 5.74) is 3.57. The highest BCUT2D eigenvalue weighted by Gasteiger charge is 2.25. The molecular weight excluding hydrogens is 279 g/mol. The summed E-state index contributed by atoms with van der Waals surface area (Å²) in [6.45, 7) is 0.731. The van der Waals surface area contributed by atoms with Crippen LogP contribution in [0.3, 0.4) is 0 Å². The van der Waals surface area contributed by atoms with E-state index in [1.165, 1.54) is 6.07 Å². The topological polar surface area (TPSA) is 41.4 Å². The van der Waals surface area contributed by atoms with Crippen molar-refractivity contribution in [2.24, 2.45) is 4.99 Å². The number of hydrogen-bond donors (Lipinski definition) is 0. The molecule has 0 fully saturated rings. The monoisotopic (exact) mass is 288 g/mol. The maximum Gasteiger partial charge on any atom is 0.230 e. The van der Waals surface area contributed by atoms with E-state index in [-0.39, 0.29) is 10.8 Å². The minimum Gasteiger partial charge on any atom is -0.310 e. The van der Waals surface area contributed by atoms with Crippen molar-refractivity contribution in [3.8, 4) is 0 Å². The minimum atomic E-state index is -0.379. The Labute approximate surface area is 119 Å². The Kier molecular flexibility index (Phi) is 2.50. The zero-order chi connectivity index (χ0) is 13.7. The zero-order valence-electron chi connectivity index (χ0n) is 10.5. The lowest BCUT2D eigenvalue weighted by atomic mass is 10.1. The van der Waals surface area contributed by atoms with Crippen molar-refractivity contribution in [1.82, 2.24) is 9.97 Å². The van der Waals surface area contributed by atoms with Gasteiger partial charge in [-0.2, -0.15) is 0 Å². The molecule has 0 spiro atoms. The SMILES string of the molecule is Fc1cc2c(cc1Cl)N(c1ncc3c(n1)CC=N3)CC2. The number of halogens is 2. The van der Waals surface area contributed by atoms with Crippen LogP contribution < -0.4 is 4.90 Å². The molecule has 4 nitrogen and oxygen atoms in total. The molecule has 6 heteroatoms. The fourth-order valence-electron chi connectivity index (χ4n) is 2.61. The summed E-state index contributed by atoms with van der Waals surface area (Å²) < 4.78 is 13.5. The predicted molar refractivity (Wildman–Crippen MR) is 76.0 cm³/mol. The third-order valence-electron chi connectivity index (χ3n) is 3.61. The second-order valence-corrected chi connectivity index (χ2v) is 5.22. The first kappa shape index (κ1) is 11.8. The first-order valence-corrected chi connectivity index (χ1v) is 6.74. The normalized spacial score (nSPS) is 15.6. The number of anilines is 2. The molecule has 2 aliphatic rings. The zero-order valence-corrected chi connectivity index (χ0v) is 11.2. The Hall–Kier alpha value is -2.01. The average Bonchev–Trinajstić information content (AvgIpc) is 3.05. The van der Waals surface area contributed by atoms with Crippen LogP contribution in [-0.2, 0) is 12.8 Å². The molecule has 3 heterocycles. The van der Waals surface area contributed by atoms with E-state index >= 15 is 0 Å². The van der Waals surface area contributed by atoms with Gasteiger partial charge >= 0.3 is 0 Å². The Balaban J connectivity index is 1.78. The van der Waals surface area contributed by atoms with E-state index in [1.807, 2.05) is 11.1 Å². The summed E-state index contributed by atoms with van der Waals surface area (Å²) >= 11 is 5.88. The van der Waals surface area contributed by atoms with Gasteiger partial charge in [0.2, 0.25) is 5.95 Å². The largest absolute Gasteiger partial charge is 0.310 e. The highest BCUT2D eigenvalue weighted by molar-refractivity contribution is 6.31. The van der Waals surface area contributed by atoms with Gasteiger partial charge in [-0.25, -0.2) is 14.4 Å². The second kappa shape index (κ2) is 4.24. The van der Waals surface area contributed by atoms with E-state index in [2.05, 4.69) is 15.0 Å². The highest BCUT2D eigenvalue weighted by atomic mass is 35.5. The van der Waals surface area contributed by atoms with Gasteiger partial charge in [-0.05, 0) is 24.1 Å². The Morgan fingerprint density at radius 1 is 1.30 bits per heavy atom. The van der Waals surface area contributed by atoms with Crippen LogP contribution in [0, 0.1) is 5.82 Å². The first-order valence-electron chi connectivity index (χ1n) is 6.36. The van der Waals surface area contributed by atoms with Crippen LogP contribution in [0.4, 0.5) is 21.7 Å². The smallest absolute Gasteiger partial charge is 0.230 e. The number of aliphatic imine (C=N–C) groups is 1. The maximum atomic E-state index is 13.5. The molecule has 0 saturated heterocycles. The van der Waals surface area contributed by atoms with Gasteiger partial charge in [0.1, 0.15) is 11.5 Å².